The van der Waals surface area contributed by atoms with Gasteiger partial charge >= 0.3 is 0 Å². The molecule has 1 aliphatic heterocycles. The number of likely N-dealkylation sites (tertiary alicyclic amines) is 1. The summed E-state index contributed by atoms with van der Waals surface area (Å²) < 4.78 is 0. The van der Waals surface area contributed by atoms with Gasteiger partial charge in [-0.3, -0.25) is 9.59 Å². The number of ketones is 1. The lowest BCUT2D eigenvalue weighted by atomic mass is 9.99. The van der Waals surface area contributed by atoms with Crippen molar-refractivity contribution in [1.29, 1.82) is 0 Å². The van der Waals surface area contributed by atoms with E-state index in [2.05, 4.69) is 19.1 Å². The molecule has 1 fully saturated rings. The number of hydrogen-bond acceptors (Lipinski definition) is 3. The maximum atomic E-state index is 12.7. The monoisotopic (exact) mass is 327 g/mol. The quantitative estimate of drug-likeness (QED) is 0.791. The number of amides is 1. The van der Waals surface area contributed by atoms with Crippen LogP contribution in [0.3, 0.4) is 0 Å². The third kappa shape index (κ3) is 3.37. The first-order valence-corrected chi connectivity index (χ1v) is 8.87. The number of Topliss-reactive ketones (excluding diaryl/α,β-unsaturated/α-hetero) is 1. The molecule has 1 aromatic heterocycles. The molecule has 120 valence electrons. The third-order valence-electron chi connectivity index (χ3n) is 4.48. The first-order chi connectivity index (χ1) is 11.1. The first kappa shape index (κ1) is 15.9. The second-order valence-electron chi connectivity index (χ2n) is 6.15. The Morgan fingerprint density at radius 2 is 2.09 bits per heavy atom. The fraction of sp³-hybridized carbons (Fsp3) is 0.368. The number of rotatable bonds is 4. The number of carbonyl (C=O) groups excluding carboxylic acids is 2. The van der Waals surface area contributed by atoms with Crippen molar-refractivity contribution in [2.75, 3.05) is 6.54 Å². The molecule has 3 nitrogen and oxygen atoms in total. The molecule has 4 heteroatoms. The van der Waals surface area contributed by atoms with Crippen LogP contribution in [0.25, 0.3) is 0 Å². The highest BCUT2D eigenvalue weighted by atomic mass is 32.1. The number of nitrogens with zero attached hydrogens (tertiary/aromatic N) is 1. The van der Waals surface area contributed by atoms with Crippen molar-refractivity contribution >= 4 is 23.0 Å². The van der Waals surface area contributed by atoms with Crippen molar-refractivity contribution in [1.82, 2.24) is 4.90 Å². The molecule has 1 amide bonds. The zero-order chi connectivity index (χ0) is 16.4. The largest absolute Gasteiger partial charge is 0.335 e. The summed E-state index contributed by atoms with van der Waals surface area (Å²) in [5.74, 6) is 0.219. The summed E-state index contributed by atoms with van der Waals surface area (Å²) in [6, 6.07) is 10.4. The second kappa shape index (κ2) is 6.67. The molecule has 0 bridgehead atoms. The van der Waals surface area contributed by atoms with Crippen molar-refractivity contribution in [3.05, 3.63) is 57.3 Å². The van der Waals surface area contributed by atoms with Crippen molar-refractivity contribution in [2.24, 2.45) is 0 Å². The maximum Gasteiger partial charge on any atom is 0.227 e. The van der Waals surface area contributed by atoms with Gasteiger partial charge in [0.2, 0.25) is 5.91 Å². The van der Waals surface area contributed by atoms with Crippen LogP contribution in [0.15, 0.2) is 35.7 Å². The molecule has 2 aromatic rings. The Balaban J connectivity index is 1.75. The minimum Gasteiger partial charge on any atom is -0.335 e. The summed E-state index contributed by atoms with van der Waals surface area (Å²) in [6.45, 7) is 4.49. The highest BCUT2D eigenvalue weighted by Gasteiger charge is 2.30. The fourth-order valence-electron chi connectivity index (χ4n) is 3.28. The van der Waals surface area contributed by atoms with E-state index >= 15 is 0 Å². The van der Waals surface area contributed by atoms with Gasteiger partial charge in [-0.05, 0) is 54.8 Å². The maximum absolute atomic E-state index is 12.7. The molecule has 3 rings (SSSR count). The molecule has 1 saturated heterocycles. The van der Waals surface area contributed by atoms with Gasteiger partial charge in [0.05, 0.1) is 17.3 Å². The first-order valence-electron chi connectivity index (χ1n) is 7.99. The normalized spacial score (nSPS) is 17.5. The zero-order valence-corrected chi connectivity index (χ0v) is 14.4. The van der Waals surface area contributed by atoms with E-state index in [0.29, 0.717) is 6.42 Å². The Morgan fingerprint density at radius 1 is 1.30 bits per heavy atom. The van der Waals surface area contributed by atoms with Crippen LogP contribution in [0.5, 0.6) is 0 Å². The average molecular weight is 327 g/mol. The summed E-state index contributed by atoms with van der Waals surface area (Å²) in [6.07, 6.45) is 2.46. The van der Waals surface area contributed by atoms with Crippen LogP contribution in [0.4, 0.5) is 0 Å². The number of aryl methyl sites for hydroxylation is 1. The Bertz CT molecular complexity index is 734. The summed E-state index contributed by atoms with van der Waals surface area (Å²) in [7, 11) is 0. The van der Waals surface area contributed by atoms with E-state index < -0.39 is 0 Å². The summed E-state index contributed by atoms with van der Waals surface area (Å²) in [5, 5.41) is 1.92. The van der Waals surface area contributed by atoms with Gasteiger partial charge in [-0.25, -0.2) is 0 Å². The van der Waals surface area contributed by atoms with Crippen molar-refractivity contribution in [3.63, 3.8) is 0 Å². The van der Waals surface area contributed by atoms with Crippen LogP contribution in [-0.4, -0.2) is 23.1 Å². The molecule has 0 radical (unpaired) electrons. The van der Waals surface area contributed by atoms with E-state index in [1.807, 2.05) is 28.5 Å². The minimum atomic E-state index is 0.0626. The van der Waals surface area contributed by atoms with Gasteiger partial charge in [0.15, 0.2) is 5.78 Å². The topological polar surface area (TPSA) is 37.4 Å². The van der Waals surface area contributed by atoms with Gasteiger partial charge < -0.3 is 4.90 Å². The molecular weight excluding hydrogens is 306 g/mol. The van der Waals surface area contributed by atoms with Crippen molar-refractivity contribution in [3.8, 4) is 0 Å². The molecule has 0 saturated carbocycles. The SMILES string of the molecule is CC(=O)c1cc(CC(=O)N2CCCC2c2ccccc2C)cs1. The Hall–Kier alpha value is -1.94. The molecule has 2 heterocycles. The van der Waals surface area contributed by atoms with E-state index in [4.69, 9.17) is 0 Å². The van der Waals surface area contributed by atoms with Gasteiger partial charge in [0.1, 0.15) is 0 Å². The van der Waals surface area contributed by atoms with Gasteiger partial charge in [-0.2, -0.15) is 0 Å². The lowest BCUT2D eigenvalue weighted by Gasteiger charge is -2.26. The predicted molar refractivity (Wildman–Crippen MR) is 92.9 cm³/mol. The van der Waals surface area contributed by atoms with E-state index in [1.165, 1.54) is 22.5 Å². The van der Waals surface area contributed by atoms with E-state index in [-0.39, 0.29) is 17.7 Å². The second-order valence-corrected chi connectivity index (χ2v) is 7.07. The molecule has 0 N–H and O–H groups in total. The highest BCUT2D eigenvalue weighted by Crippen LogP contribution is 2.34. The van der Waals surface area contributed by atoms with Crippen molar-refractivity contribution < 1.29 is 9.59 Å². The summed E-state index contributed by atoms with van der Waals surface area (Å²) in [4.78, 5) is 26.9. The van der Waals surface area contributed by atoms with E-state index in [9.17, 15) is 9.59 Å². The predicted octanol–water partition coefficient (Wildman–Crippen LogP) is 4.17. The van der Waals surface area contributed by atoms with Crippen LogP contribution in [-0.2, 0) is 11.2 Å². The van der Waals surface area contributed by atoms with Crippen LogP contribution < -0.4 is 0 Å². The standard InChI is InChI=1S/C19H21NO2S/c1-13-6-3-4-7-16(13)17-8-5-9-20(17)19(22)11-15-10-18(14(2)21)23-12-15/h3-4,6-7,10,12,17H,5,8-9,11H2,1-2H3. The highest BCUT2D eigenvalue weighted by molar-refractivity contribution is 7.12. The number of carbonyl (C=O) groups is 2. The van der Waals surface area contributed by atoms with Crippen LogP contribution in [0, 0.1) is 6.92 Å². The molecule has 1 unspecified atom stereocenters. The van der Waals surface area contributed by atoms with Crippen LogP contribution in [0.1, 0.15) is 52.2 Å². The molecule has 0 spiro atoms. The molecular formula is C19H21NO2S. The molecule has 0 aliphatic carbocycles. The lowest BCUT2D eigenvalue weighted by Crippen LogP contribution is -2.32. The number of benzene rings is 1. The number of hydrogen-bond donors (Lipinski definition) is 0. The Kier molecular flexibility index (Phi) is 4.62. The third-order valence-corrected chi connectivity index (χ3v) is 5.56. The molecule has 1 aliphatic rings. The zero-order valence-electron chi connectivity index (χ0n) is 13.5. The summed E-state index contributed by atoms with van der Waals surface area (Å²) in [5.41, 5.74) is 3.44. The lowest BCUT2D eigenvalue weighted by molar-refractivity contribution is -0.131. The van der Waals surface area contributed by atoms with E-state index in [0.717, 1.165) is 29.8 Å². The molecule has 1 aromatic carbocycles. The van der Waals surface area contributed by atoms with Gasteiger partial charge in [-0.1, -0.05) is 24.3 Å². The summed E-state index contributed by atoms with van der Waals surface area (Å²) >= 11 is 1.42. The van der Waals surface area contributed by atoms with Gasteiger partial charge in [0, 0.05) is 6.54 Å². The molecule has 23 heavy (non-hydrogen) atoms. The smallest absolute Gasteiger partial charge is 0.227 e. The van der Waals surface area contributed by atoms with E-state index in [1.54, 1.807) is 6.92 Å². The Morgan fingerprint density at radius 3 is 2.78 bits per heavy atom. The van der Waals surface area contributed by atoms with Gasteiger partial charge in [-0.15, -0.1) is 11.3 Å². The average Bonchev–Trinajstić information content (AvgIpc) is 3.16. The van der Waals surface area contributed by atoms with Crippen LogP contribution in [0.2, 0.25) is 0 Å². The molecule has 1 atom stereocenters. The number of thiophene rings is 1. The minimum absolute atomic E-state index is 0.0626. The van der Waals surface area contributed by atoms with Crippen molar-refractivity contribution in [2.45, 2.75) is 39.2 Å². The van der Waals surface area contributed by atoms with Gasteiger partial charge in [0.25, 0.3) is 0 Å². The Labute approximate surface area is 140 Å². The van der Waals surface area contributed by atoms with Crippen LogP contribution >= 0.6 is 11.3 Å². The fourth-order valence-corrected chi connectivity index (χ4v) is 4.09.